The van der Waals surface area contributed by atoms with Gasteiger partial charge in [-0.1, -0.05) is 6.07 Å². The zero-order valence-corrected chi connectivity index (χ0v) is 12.0. The lowest BCUT2D eigenvalue weighted by Crippen LogP contribution is -2.41. The molecular formula is C14H19N3O4. The largest absolute Gasteiger partial charge is 0.379 e. The van der Waals surface area contributed by atoms with Crippen LogP contribution in [0.5, 0.6) is 0 Å². The van der Waals surface area contributed by atoms with Gasteiger partial charge in [0, 0.05) is 32.1 Å². The number of ether oxygens (including phenoxy) is 1. The number of carbonyl (C=O) groups is 1. The lowest BCUT2D eigenvalue weighted by atomic mass is 10.2. The molecule has 1 aliphatic heterocycles. The molecule has 1 saturated heterocycles. The number of nitrogens with zero attached hydrogens (tertiary/aromatic N) is 2. The third-order valence-corrected chi connectivity index (χ3v) is 3.37. The number of benzene rings is 1. The van der Waals surface area contributed by atoms with Gasteiger partial charge < -0.3 is 15.0 Å². The molecule has 21 heavy (non-hydrogen) atoms. The average molecular weight is 293 g/mol. The van der Waals surface area contributed by atoms with E-state index in [0.29, 0.717) is 45.0 Å². The minimum absolute atomic E-state index is 0.0272. The Bertz CT molecular complexity index is 527. The number of nitro groups is 1. The van der Waals surface area contributed by atoms with Crippen molar-refractivity contribution in [3.63, 3.8) is 0 Å². The molecule has 1 amide bonds. The van der Waals surface area contributed by atoms with Crippen LogP contribution in [-0.2, 0) is 9.53 Å². The van der Waals surface area contributed by atoms with Gasteiger partial charge in [0.15, 0.2) is 0 Å². The van der Waals surface area contributed by atoms with E-state index in [2.05, 4.69) is 5.32 Å². The Hall–Kier alpha value is -2.15. The van der Waals surface area contributed by atoms with Gasteiger partial charge in [-0.3, -0.25) is 14.9 Å². The van der Waals surface area contributed by atoms with Crippen LogP contribution in [0.25, 0.3) is 0 Å². The van der Waals surface area contributed by atoms with Crippen molar-refractivity contribution in [1.29, 1.82) is 0 Å². The molecule has 7 heteroatoms. The summed E-state index contributed by atoms with van der Waals surface area (Å²) in [6.07, 6.45) is 0.311. The highest BCUT2D eigenvalue weighted by atomic mass is 16.6. The van der Waals surface area contributed by atoms with E-state index in [9.17, 15) is 14.9 Å². The predicted octanol–water partition coefficient (Wildman–Crippen LogP) is 1.56. The normalized spacial score (nSPS) is 14.8. The Morgan fingerprint density at radius 2 is 2.14 bits per heavy atom. The van der Waals surface area contributed by atoms with E-state index in [4.69, 9.17) is 4.74 Å². The van der Waals surface area contributed by atoms with Gasteiger partial charge in [0.25, 0.3) is 5.69 Å². The highest BCUT2D eigenvalue weighted by Gasteiger charge is 2.17. The van der Waals surface area contributed by atoms with Crippen LogP contribution in [0.3, 0.4) is 0 Å². The number of hydrogen-bond donors (Lipinski definition) is 1. The van der Waals surface area contributed by atoms with Gasteiger partial charge in [0.05, 0.1) is 18.1 Å². The van der Waals surface area contributed by atoms with E-state index in [-0.39, 0.29) is 11.6 Å². The molecule has 1 fully saturated rings. The molecule has 1 aromatic carbocycles. The Morgan fingerprint density at radius 3 is 2.81 bits per heavy atom. The fourth-order valence-corrected chi connectivity index (χ4v) is 2.23. The van der Waals surface area contributed by atoms with E-state index >= 15 is 0 Å². The first-order valence-electron chi connectivity index (χ1n) is 6.92. The van der Waals surface area contributed by atoms with E-state index in [1.54, 1.807) is 17.0 Å². The van der Waals surface area contributed by atoms with Crippen LogP contribution in [0.1, 0.15) is 12.0 Å². The molecule has 0 saturated carbocycles. The summed E-state index contributed by atoms with van der Waals surface area (Å²) >= 11 is 0. The number of hydrogen-bond acceptors (Lipinski definition) is 5. The Balaban J connectivity index is 1.89. The summed E-state index contributed by atoms with van der Waals surface area (Å²) in [7, 11) is 0. The topological polar surface area (TPSA) is 84.7 Å². The number of aryl methyl sites for hydroxylation is 1. The predicted molar refractivity (Wildman–Crippen MR) is 78.3 cm³/mol. The number of anilines is 1. The lowest BCUT2D eigenvalue weighted by Gasteiger charge is -2.26. The van der Waals surface area contributed by atoms with Gasteiger partial charge in [0.2, 0.25) is 5.91 Å². The zero-order valence-electron chi connectivity index (χ0n) is 12.0. The third-order valence-electron chi connectivity index (χ3n) is 3.37. The molecule has 0 unspecified atom stereocenters. The minimum atomic E-state index is -0.425. The molecule has 2 rings (SSSR count). The number of nitrogens with one attached hydrogen (secondary N) is 1. The standard InChI is InChI=1S/C14H19N3O4/c1-11-2-3-13(17(19)20)12(10-11)15-5-4-14(18)16-6-8-21-9-7-16/h2-3,10,15H,4-9H2,1H3. The van der Waals surface area contributed by atoms with Crippen LogP contribution < -0.4 is 5.32 Å². The van der Waals surface area contributed by atoms with Crippen molar-refractivity contribution < 1.29 is 14.5 Å². The van der Waals surface area contributed by atoms with Crippen molar-refractivity contribution in [1.82, 2.24) is 4.90 Å². The minimum Gasteiger partial charge on any atom is -0.379 e. The van der Waals surface area contributed by atoms with Crippen molar-refractivity contribution in [3.8, 4) is 0 Å². The Labute approximate surface area is 123 Å². The van der Waals surface area contributed by atoms with Crippen LogP contribution in [0.15, 0.2) is 18.2 Å². The molecule has 0 radical (unpaired) electrons. The van der Waals surface area contributed by atoms with Gasteiger partial charge in [0.1, 0.15) is 5.69 Å². The molecule has 114 valence electrons. The highest BCUT2D eigenvalue weighted by molar-refractivity contribution is 5.77. The molecule has 1 aliphatic rings. The van der Waals surface area contributed by atoms with Gasteiger partial charge in [-0.2, -0.15) is 0 Å². The molecule has 0 bridgehead atoms. The van der Waals surface area contributed by atoms with Crippen LogP contribution in [0.2, 0.25) is 0 Å². The molecular weight excluding hydrogens is 274 g/mol. The SMILES string of the molecule is Cc1ccc([N+](=O)[O-])c(NCCC(=O)N2CCOCC2)c1. The average Bonchev–Trinajstić information content (AvgIpc) is 2.48. The van der Waals surface area contributed by atoms with Crippen molar-refractivity contribution in [2.75, 3.05) is 38.2 Å². The van der Waals surface area contributed by atoms with Gasteiger partial charge in [-0.05, 0) is 18.6 Å². The maximum atomic E-state index is 12.0. The first kappa shape index (κ1) is 15.2. The summed E-state index contributed by atoms with van der Waals surface area (Å²) in [5.74, 6) is 0.0427. The van der Waals surface area contributed by atoms with E-state index in [1.165, 1.54) is 6.07 Å². The van der Waals surface area contributed by atoms with Crippen molar-refractivity contribution in [2.24, 2.45) is 0 Å². The first-order chi connectivity index (χ1) is 10.1. The maximum Gasteiger partial charge on any atom is 0.292 e. The quantitative estimate of drug-likeness (QED) is 0.658. The van der Waals surface area contributed by atoms with Crippen molar-refractivity contribution >= 4 is 17.3 Å². The molecule has 0 spiro atoms. The molecule has 0 atom stereocenters. The lowest BCUT2D eigenvalue weighted by molar-refractivity contribution is -0.384. The van der Waals surface area contributed by atoms with E-state index in [1.807, 2.05) is 6.92 Å². The number of nitro benzene ring substituents is 1. The number of rotatable bonds is 5. The Morgan fingerprint density at radius 1 is 1.43 bits per heavy atom. The maximum absolute atomic E-state index is 12.0. The van der Waals surface area contributed by atoms with Crippen LogP contribution >= 0.6 is 0 Å². The molecule has 1 aromatic rings. The number of carbonyl (C=O) groups excluding carboxylic acids is 1. The summed E-state index contributed by atoms with van der Waals surface area (Å²) in [6, 6.07) is 4.89. The monoisotopic (exact) mass is 293 g/mol. The highest BCUT2D eigenvalue weighted by Crippen LogP contribution is 2.25. The van der Waals surface area contributed by atoms with E-state index in [0.717, 1.165) is 5.56 Å². The van der Waals surface area contributed by atoms with Gasteiger partial charge >= 0.3 is 0 Å². The second-order valence-corrected chi connectivity index (χ2v) is 4.95. The molecule has 1 N–H and O–H groups in total. The van der Waals surface area contributed by atoms with Crippen molar-refractivity contribution in [3.05, 3.63) is 33.9 Å². The molecule has 0 aromatic heterocycles. The fourth-order valence-electron chi connectivity index (χ4n) is 2.23. The van der Waals surface area contributed by atoms with Crippen LogP contribution in [-0.4, -0.2) is 48.6 Å². The second kappa shape index (κ2) is 7.03. The third kappa shape index (κ3) is 4.16. The number of amides is 1. The smallest absolute Gasteiger partial charge is 0.292 e. The summed E-state index contributed by atoms with van der Waals surface area (Å²) in [5, 5.41) is 13.9. The first-order valence-corrected chi connectivity index (χ1v) is 6.92. The second-order valence-electron chi connectivity index (χ2n) is 4.95. The Kier molecular flexibility index (Phi) is 5.10. The van der Waals surface area contributed by atoms with Crippen molar-refractivity contribution in [2.45, 2.75) is 13.3 Å². The fraction of sp³-hybridized carbons (Fsp3) is 0.500. The molecule has 1 heterocycles. The molecule has 7 nitrogen and oxygen atoms in total. The van der Waals surface area contributed by atoms with Gasteiger partial charge in [-0.25, -0.2) is 0 Å². The van der Waals surface area contributed by atoms with Gasteiger partial charge in [-0.15, -0.1) is 0 Å². The number of morpholine rings is 1. The van der Waals surface area contributed by atoms with Crippen LogP contribution in [0, 0.1) is 17.0 Å². The summed E-state index contributed by atoms with van der Waals surface area (Å²) in [5.41, 5.74) is 1.41. The summed E-state index contributed by atoms with van der Waals surface area (Å²) in [4.78, 5) is 24.3. The summed E-state index contributed by atoms with van der Waals surface area (Å²) < 4.78 is 5.19. The zero-order chi connectivity index (χ0) is 15.2. The summed E-state index contributed by atoms with van der Waals surface area (Å²) in [6.45, 7) is 4.62. The molecule has 0 aliphatic carbocycles. The van der Waals surface area contributed by atoms with Crippen LogP contribution in [0.4, 0.5) is 11.4 Å². The van der Waals surface area contributed by atoms with E-state index < -0.39 is 4.92 Å².